The molecule has 6 heteroatoms. The minimum absolute atomic E-state index is 0.00338. The third-order valence-corrected chi connectivity index (χ3v) is 8.23. The number of piperidine rings is 1. The molecule has 2 saturated carbocycles. The molecule has 1 aromatic rings. The van der Waals surface area contributed by atoms with Crippen molar-refractivity contribution in [1.82, 2.24) is 4.90 Å². The van der Waals surface area contributed by atoms with Gasteiger partial charge in [0.25, 0.3) is 5.91 Å². The maximum Gasteiger partial charge on any atom is 0.309 e. The summed E-state index contributed by atoms with van der Waals surface area (Å²) in [6, 6.07) is 6.55. The van der Waals surface area contributed by atoms with Crippen LogP contribution in [0.1, 0.15) is 74.8 Å². The van der Waals surface area contributed by atoms with Gasteiger partial charge >= 0.3 is 5.97 Å². The van der Waals surface area contributed by atoms with Gasteiger partial charge in [-0.2, -0.15) is 0 Å². The summed E-state index contributed by atoms with van der Waals surface area (Å²) in [7, 11) is 0. The first-order chi connectivity index (χ1) is 15.5. The topological polar surface area (TPSA) is 81.9 Å². The van der Waals surface area contributed by atoms with Crippen molar-refractivity contribution >= 4 is 11.9 Å². The smallest absolute Gasteiger partial charge is 0.309 e. The number of esters is 1. The lowest BCUT2D eigenvalue weighted by Gasteiger charge is -2.38. The van der Waals surface area contributed by atoms with Crippen LogP contribution in [-0.4, -0.2) is 48.6 Å². The van der Waals surface area contributed by atoms with Crippen LogP contribution >= 0.6 is 0 Å². The molecule has 32 heavy (non-hydrogen) atoms. The van der Waals surface area contributed by atoms with Gasteiger partial charge in [-0.25, -0.2) is 0 Å². The Morgan fingerprint density at radius 1 is 1.09 bits per heavy atom. The van der Waals surface area contributed by atoms with Gasteiger partial charge < -0.3 is 20.1 Å². The molecule has 4 aliphatic rings. The van der Waals surface area contributed by atoms with Gasteiger partial charge in [-0.15, -0.1) is 0 Å². The van der Waals surface area contributed by atoms with E-state index in [0.29, 0.717) is 24.7 Å². The van der Waals surface area contributed by atoms with Gasteiger partial charge in [0.05, 0.1) is 12.5 Å². The summed E-state index contributed by atoms with van der Waals surface area (Å²) in [5.74, 6) is 1.63. The highest BCUT2D eigenvalue weighted by Gasteiger charge is 2.46. The fraction of sp³-hybridized carbons (Fsp3) is 0.692. The van der Waals surface area contributed by atoms with Gasteiger partial charge in [0.15, 0.2) is 5.60 Å². The summed E-state index contributed by atoms with van der Waals surface area (Å²) in [5, 5.41) is 0. The van der Waals surface area contributed by atoms with Gasteiger partial charge in [-0.05, 0) is 101 Å². The van der Waals surface area contributed by atoms with Gasteiger partial charge in [0, 0.05) is 12.0 Å². The van der Waals surface area contributed by atoms with E-state index in [0.717, 1.165) is 70.5 Å². The lowest BCUT2D eigenvalue weighted by atomic mass is 9.76. The first-order valence-corrected chi connectivity index (χ1v) is 12.5. The lowest BCUT2D eigenvalue weighted by molar-refractivity contribution is -0.173. The van der Waals surface area contributed by atoms with Crippen LogP contribution in [0.5, 0.6) is 5.75 Å². The fourth-order valence-electron chi connectivity index (χ4n) is 5.89. The number of hydrogen-bond acceptors (Lipinski definition) is 5. The molecule has 0 aromatic heterocycles. The van der Waals surface area contributed by atoms with Crippen molar-refractivity contribution in [2.75, 3.05) is 26.2 Å². The Morgan fingerprint density at radius 3 is 2.53 bits per heavy atom. The summed E-state index contributed by atoms with van der Waals surface area (Å²) in [6.45, 7) is 4.22. The minimum atomic E-state index is -1.06. The summed E-state index contributed by atoms with van der Waals surface area (Å²) >= 11 is 0. The summed E-state index contributed by atoms with van der Waals surface area (Å²) < 4.78 is 11.4. The molecule has 0 radical (unpaired) electrons. The van der Waals surface area contributed by atoms with E-state index in [9.17, 15) is 9.59 Å². The monoisotopic (exact) mass is 440 g/mol. The van der Waals surface area contributed by atoms with E-state index in [1.54, 1.807) is 0 Å². The van der Waals surface area contributed by atoms with E-state index >= 15 is 0 Å². The number of nitrogens with zero attached hydrogens (tertiary/aromatic N) is 1. The van der Waals surface area contributed by atoms with Crippen LogP contribution in [0.3, 0.4) is 0 Å². The van der Waals surface area contributed by atoms with E-state index in [1.165, 1.54) is 24.0 Å². The van der Waals surface area contributed by atoms with Crippen molar-refractivity contribution in [1.29, 1.82) is 0 Å². The maximum absolute atomic E-state index is 12.1. The second-order valence-electron chi connectivity index (χ2n) is 10.3. The zero-order valence-electron chi connectivity index (χ0n) is 19.0. The van der Waals surface area contributed by atoms with Crippen molar-refractivity contribution < 1.29 is 19.1 Å². The number of carbonyl (C=O) groups excluding carboxylic acids is 2. The van der Waals surface area contributed by atoms with Crippen LogP contribution < -0.4 is 10.5 Å². The molecule has 2 aliphatic heterocycles. The van der Waals surface area contributed by atoms with Crippen molar-refractivity contribution in [2.45, 2.75) is 75.7 Å². The average molecular weight is 441 g/mol. The van der Waals surface area contributed by atoms with Gasteiger partial charge in [0.1, 0.15) is 5.75 Å². The summed E-state index contributed by atoms with van der Waals surface area (Å²) in [6.07, 6.45) is 9.36. The number of carbonyl (C=O) groups is 2. The fourth-order valence-corrected chi connectivity index (χ4v) is 5.89. The molecular weight excluding hydrogens is 404 g/mol. The zero-order valence-corrected chi connectivity index (χ0v) is 19.0. The maximum atomic E-state index is 12.1. The van der Waals surface area contributed by atoms with Crippen LogP contribution in [0.25, 0.3) is 0 Å². The molecule has 5 rings (SSSR count). The van der Waals surface area contributed by atoms with Crippen molar-refractivity contribution in [3.8, 4) is 5.75 Å². The quantitative estimate of drug-likeness (QED) is 0.656. The average Bonchev–Trinajstić information content (AvgIpc) is 3.56. The Morgan fingerprint density at radius 2 is 1.84 bits per heavy atom. The van der Waals surface area contributed by atoms with Gasteiger partial charge in [0.2, 0.25) is 0 Å². The Kier molecular flexibility index (Phi) is 6.15. The van der Waals surface area contributed by atoms with E-state index in [-0.39, 0.29) is 11.9 Å². The van der Waals surface area contributed by atoms with Crippen LogP contribution in [-0.2, 0) is 20.7 Å². The number of primary amides is 1. The third kappa shape index (κ3) is 4.52. The Balaban J connectivity index is 1.07. The molecule has 2 aliphatic carbocycles. The lowest BCUT2D eigenvalue weighted by Crippen LogP contribution is -2.50. The van der Waals surface area contributed by atoms with Crippen molar-refractivity contribution in [3.05, 3.63) is 29.3 Å². The number of nitrogens with two attached hydrogens (primary N) is 1. The van der Waals surface area contributed by atoms with E-state index in [2.05, 4.69) is 23.1 Å². The highest BCUT2D eigenvalue weighted by atomic mass is 16.6. The normalized spacial score (nSPS) is 28.7. The molecule has 0 spiro atoms. The van der Waals surface area contributed by atoms with Crippen LogP contribution in [0, 0.1) is 11.8 Å². The molecule has 3 fully saturated rings. The Labute approximate surface area is 190 Å². The minimum Gasteiger partial charge on any atom is -0.493 e. The second kappa shape index (κ2) is 9.05. The van der Waals surface area contributed by atoms with E-state index < -0.39 is 11.5 Å². The molecule has 1 aromatic carbocycles. The van der Waals surface area contributed by atoms with Crippen molar-refractivity contribution in [3.63, 3.8) is 0 Å². The highest BCUT2D eigenvalue weighted by molar-refractivity contribution is 5.87. The molecule has 0 atom stereocenters. The predicted octanol–water partition coefficient (Wildman–Crippen LogP) is 3.56. The number of amides is 1. The van der Waals surface area contributed by atoms with E-state index in [4.69, 9.17) is 15.2 Å². The van der Waals surface area contributed by atoms with Crippen LogP contribution in [0.15, 0.2) is 18.2 Å². The first kappa shape index (κ1) is 21.7. The van der Waals surface area contributed by atoms with Crippen LogP contribution in [0.2, 0.25) is 0 Å². The molecule has 6 nitrogen and oxygen atoms in total. The molecule has 0 bridgehead atoms. The first-order valence-electron chi connectivity index (χ1n) is 12.5. The number of fused-ring (bicyclic) bond motifs is 1. The molecule has 1 saturated heterocycles. The predicted molar refractivity (Wildman–Crippen MR) is 121 cm³/mol. The summed E-state index contributed by atoms with van der Waals surface area (Å²) in [5.41, 5.74) is 7.56. The van der Waals surface area contributed by atoms with Crippen molar-refractivity contribution in [2.24, 2.45) is 17.6 Å². The standard InChI is InChI=1S/C26H36N2O4/c27-25(30)26(32-24(29)20-4-5-20)12-6-18(7-13-26)8-14-28-15-9-19(10-16-28)21-2-1-3-23-22(21)11-17-31-23/h1-3,18-20H,4-17H2,(H2,27,30). The molecule has 174 valence electrons. The number of benzene rings is 1. The number of hydrogen-bond donors (Lipinski definition) is 1. The Hall–Kier alpha value is -2.08. The zero-order chi connectivity index (χ0) is 22.1. The molecular formula is C26H36N2O4. The molecule has 2 heterocycles. The summed E-state index contributed by atoms with van der Waals surface area (Å²) in [4.78, 5) is 26.9. The van der Waals surface area contributed by atoms with Gasteiger partial charge in [-0.1, -0.05) is 12.1 Å². The number of ether oxygens (including phenoxy) is 2. The molecule has 2 N–H and O–H groups in total. The highest BCUT2D eigenvalue weighted by Crippen LogP contribution is 2.40. The second-order valence-corrected chi connectivity index (χ2v) is 10.3. The van der Waals surface area contributed by atoms with Crippen LogP contribution in [0.4, 0.5) is 0 Å². The Bertz CT molecular complexity index is 849. The molecule has 1 amide bonds. The van der Waals surface area contributed by atoms with Gasteiger partial charge in [-0.3, -0.25) is 9.59 Å². The SMILES string of the molecule is NC(=O)C1(OC(=O)C2CC2)CCC(CCN2CCC(c3cccc4c3CCO4)CC2)CC1. The number of rotatable bonds is 7. The largest absolute Gasteiger partial charge is 0.493 e. The molecule has 0 unspecified atom stereocenters. The van der Waals surface area contributed by atoms with E-state index in [1.807, 2.05) is 0 Å². The third-order valence-electron chi connectivity index (χ3n) is 8.23. The number of likely N-dealkylation sites (tertiary alicyclic amines) is 1.